The second-order valence-corrected chi connectivity index (χ2v) is 3.55. The van der Waals surface area contributed by atoms with Crippen molar-refractivity contribution < 1.29 is 9.53 Å². The summed E-state index contributed by atoms with van der Waals surface area (Å²) >= 11 is 0. The number of hydrogen-bond donors (Lipinski definition) is 0. The van der Waals surface area contributed by atoms with E-state index < -0.39 is 0 Å². The number of aromatic nitrogens is 2. The molecule has 1 aromatic heterocycles. The molecule has 2 rings (SSSR count). The molecule has 88 valence electrons. The van der Waals surface area contributed by atoms with Gasteiger partial charge < -0.3 is 4.74 Å². The molecule has 0 aliphatic carbocycles. The van der Waals surface area contributed by atoms with Gasteiger partial charge >= 0.3 is 0 Å². The number of carbonyl (C=O) groups is 1. The van der Waals surface area contributed by atoms with Crippen LogP contribution in [-0.2, 0) is 0 Å². The van der Waals surface area contributed by atoms with Crippen molar-refractivity contribution in [3.8, 4) is 17.6 Å². The molecule has 0 aliphatic heterocycles. The van der Waals surface area contributed by atoms with Crippen molar-refractivity contribution >= 4 is 6.29 Å². The van der Waals surface area contributed by atoms with Crippen LogP contribution < -0.4 is 4.74 Å². The maximum atomic E-state index is 10.6. The first-order chi connectivity index (χ1) is 8.72. The van der Waals surface area contributed by atoms with Crippen molar-refractivity contribution in [1.82, 2.24) is 9.97 Å². The zero-order valence-electron chi connectivity index (χ0n) is 9.62. The molecular formula is C13H9N3O2. The van der Waals surface area contributed by atoms with Crippen molar-refractivity contribution in [3.63, 3.8) is 0 Å². The third-order valence-electron chi connectivity index (χ3n) is 2.25. The molecule has 0 fully saturated rings. The quantitative estimate of drug-likeness (QED) is 0.768. The lowest BCUT2D eigenvalue weighted by Crippen LogP contribution is -1.93. The smallest absolute Gasteiger partial charge is 0.164 e. The predicted octanol–water partition coefficient (Wildman–Crippen LogP) is 2.26. The first-order valence-electron chi connectivity index (χ1n) is 5.19. The Morgan fingerprint density at radius 3 is 2.67 bits per heavy atom. The van der Waals surface area contributed by atoms with Crippen molar-refractivity contribution in [2.75, 3.05) is 0 Å². The number of nitrogens with zero attached hydrogens (tertiary/aromatic N) is 3. The van der Waals surface area contributed by atoms with Crippen LogP contribution in [0, 0.1) is 18.3 Å². The summed E-state index contributed by atoms with van der Waals surface area (Å²) in [5.74, 6) is 1.45. The minimum absolute atomic E-state index is 0.292. The zero-order valence-corrected chi connectivity index (χ0v) is 9.62. The second-order valence-electron chi connectivity index (χ2n) is 3.55. The molecule has 5 nitrogen and oxygen atoms in total. The first kappa shape index (κ1) is 11.7. The molecular weight excluding hydrogens is 230 g/mol. The summed E-state index contributed by atoms with van der Waals surface area (Å²) in [6.07, 6.45) is 3.73. The lowest BCUT2D eigenvalue weighted by Gasteiger charge is -2.06. The molecule has 0 radical (unpaired) electrons. The van der Waals surface area contributed by atoms with E-state index in [1.165, 1.54) is 18.5 Å². The van der Waals surface area contributed by atoms with Gasteiger partial charge in [0.15, 0.2) is 5.75 Å². The number of hydrogen-bond acceptors (Lipinski definition) is 5. The predicted molar refractivity (Wildman–Crippen MR) is 63.4 cm³/mol. The number of nitriles is 1. The van der Waals surface area contributed by atoms with Crippen LogP contribution in [0.15, 0.2) is 30.6 Å². The highest BCUT2D eigenvalue weighted by atomic mass is 16.5. The molecule has 1 heterocycles. The van der Waals surface area contributed by atoms with E-state index in [4.69, 9.17) is 10.00 Å². The lowest BCUT2D eigenvalue weighted by atomic mass is 10.1. The molecule has 0 spiro atoms. The van der Waals surface area contributed by atoms with Crippen LogP contribution in [-0.4, -0.2) is 16.3 Å². The Morgan fingerprint density at radius 2 is 2.06 bits per heavy atom. The van der Waals surface area contributed by atoms with Gasteiger partial charge in [0, 0.05) is 5.56 Å². The average molecular weight is 239 g/mol. The largest absolute Gasteiger partial charge is 0.453 e. The maximum Gasteiger partial charge on any atom is 0.164 e. The summed E-state index contributed by atoms with van der Waals surface area (Å²) in [5, 5.41) is 8.98. The SMILES string of the molecule is Cc1ncc(Oc2ccc(C=O)cc2C#N)cn1. The van der Waals surface area contributed by atoms with E-state index >= 15 is 0 Å². The Balaban J connectivity index is 2.31. The Hall–Kier alpha value is -2.74. The summed E-state index contributed by atoms with van der Waals surface area (Å²) in [4.78, 5) is 18.6. The molecule has 0 bridgehead atoms. The highest BCUT2D eigenvalue weighted by Gasteiger charge is 2.06. The van der Waals surface area contributed by atoms with Crippen LogP contribution in [0.4, 0.5) is 0 Å². The highest BCUT2D eigenvalue weighted by molar-refractivity contribution is 5.76. The third kappa shape index (κ3) is 2.50. The molecule has 18 heavy (non-hydrogen) atoms. The molecule has 0 unspecified atom stereocenters. The molecule has 2 aromatic rings. The summed E-state index contributed by atoms with van der Waals surface area (Å²) in [7, 11) is 0. The van der Waals surface area contributed by atoms with Gasteiger partial charge in [-0.15, -0.1) is 0 Å². The Bertz CT molecular complexity index is 615. The van der Waals surface area contributed by atoms with Gasteiger partial charge in [-0.3, -0.25) is 4.79 Å². The van der Waals surface area contributed by atoms with E-state index in [1.807, 2.05) is 6.07 Å². The summed E-state index contributed by atoms with van der Waals surface area (Å²) in [6, 6.07) is 6.60. The van der Waals surface area contributed by atoms with Crippen LogP contribution in [0.25, 0.3) is 0 Å². The number of benzene rings is 1. The number of rotatable bonds is 3. The molecule has 0 saturated carbocycles. The molecule has 5 heteroatoms. The van der Waals surface area contributed by atoms with E-state index in [0.29, 0.717) is 34.7 Å². The highest BCUT2D eigenvalue weighted by Crippen LogP contribution is 2.24. The fraction of sp³-hybridized carbons (Fsp3) is 0.0769. The maximum absolute atomic E-state index is 10.6. The molecule has 0 amide bonds. The van der Waals surface area contributed by atoms with Crippen LogP contribution in [0.3, 0.4) is 0 Å². The molecule has 0 saturated heterocycles. The van der Waals surface area contributed by atoms with Gasteiger partial charge in [-0.1, -0.05) is 0 Å². The van der Waals surface area contributed by atoms with E-state index in [-0.39, 0.29) is 0 Å². The van der Waals surface area contributed by atoms with Crippen molar-refractivity contribution in [2.45, 2.75) is 6.92 Å². The fourth-order valence-corrected chi connectivity index (χ4v) is 1.36. The van der Waals surface area contributed by atoms with Gasteiger partial charge in [0.1, 0.15) is 23.9 Å². The number of aryl methyl sites for hydroxylation is 1. The Labute approximate surface area is 104 Å². The van der Waals surface area contributed by atoms with E-state index in [2.05, 4.69) is 9.97 Å². The molecule has 0 aliphatic rings. The van der Waals surface area contributed by atoms with Gasteiger partial charge in [0.2, 0.25) is 0 Å². The van der Waals surface area contributed by atoms with Gasteiger partial charge in [0.25, 0.3) is 0 Å². The van der Waals surface area contributed by atoms with Gasteiger partial charge in [-0.2, -0.15) is 5.26 Å². The Morgan fingerprint density at radius 1 is 1.33 bits per heavy atom. The fourth-order valence-electron chi connectivity index (χ4n) is 1.36. The van der Waals surface area contributed by atoms with Crippen molar-refractivity contribution in [3.05, 3.63) is 47.5 Å². The summed E-state index contributed by atoms with van der Waals surface area (Å²) < 4.78 is 5.49. The van der Waals surface area contributed by atoms with Crippen molar-refractivity contribution in [1.29, 1.82) is 5.26 Å². The normalized spacial score (nSPS) is 9.56. The summed E-state index contributed by atoms with van der Waals surface area (Å²) in [6.45, 7) is 1.77. The zero-order chi connectivity index (χ0) is 13.0. The molecule has 1 aromatic carbocycles. The average Bonchev–Trinajstić information content (AvgIpc) is 2.41. The number of ether oxygens (including phenoxy) is 1. The van der Waals surface area contributed by atoms with E-state index in [0.717, 1.165) is 0 Å². The van der Waals surface area contributed by atoms with Gasteiger partial charge in [-0.05, 0) is 25.1 Å². The Kier molecular flexibility index (Phi) is 3.30. The van der Waals surface area contributed by atoms with Gasteiger partial charge in [-0.25, -0.2) is 9.97 Å². The molecule has 0 atom stereocenters. The second kappa shape index (κ2) is 5.06. The minimum atomic E-state index is 0.292. The van der Waals surface area contributed by atoms with Crippen LogP contribution >= 0.6 is 0 Å². The lowest BCUT2D eigenvalue weighted by molar-refractivity contribution is 0.112. The molecule has 0 N–H and O–H groups in total. The van der Waals surface area contributed by atoms with Crippen LogP contribution in [0.5, 0.6) is 11.5 Å². The summed E-state index contributed by atoms with van der Waals surface area (Å²) in [5.41, 5.74) is 0.722. The topological polar surface area (TPSA) is 75.9 Å². The van der Waals surface area contributed by atoms with Crippen LogP contribution in [0.1, 0.15) is 21.7 Å². The minimum Gasteiger partial charge on any atom is -0.453 e. The van der Waals surface area contributed by atoms with E-state index in [9.17, 15) is 4.79 Å². The number of carbonyl (C=O) groups excluding carboxylic acids is 1. The first-order valence-corrected chi connectivity index (χ1v) is 5.19. The standard InChI is InChI=1S/C13H9N3O2/c1-9-15-6-12(7-16-9)18-13-3-2-10(8-17)4-11(13)5-14/h2-4,6-8H,1H3. The van der Waals surface area contributed by atoms with E-state index in [1.54, 1.807) is 19.1 Å². The third-order valence-corrected chi connectivity index (χ3v) is 2.25. The number of aldehydes is 1. The van der Waals surface area contributed by atoms with Crippen LogP contribution in [0.2, 0.25) is 0 Å². The monoisotopic (exact) mass is 239 g/mol. The van der Waals surface area contributed by atoms with Crippen molar-refractivity contribution in [2.24, 2.45) is 0 Å². The van der Waals surface area contributed by atoms with Gasteiger partial charge in [0.05, 0.1) is 18.0 Å².